The Balaban J connectivity index is 1.67. The molecule has 3 rings (SSSR count). The normalized spacial score (nSPS) is 14.6. The van der Waals surface area contributed by atoms with E-state index < -0.39 is 0 Å². The lowest BCUT2D eigenvalue weighted by Crippen LogP contribution is -2.23. The van der Waals surface area contributed by atoms with Gasteiger partial charge in [-0.25, -0.2) is 0 Å². The van der Waals surface area contributed by atoms with Gasteiger partial charge in [-0.2, -0.15) is 0 Å². The van der Waals surface area contributed by atoms with E-state index in [-0.39, 0.29) is 17.2 Å². The van der Waals surface area contributed by atoms with Gasteiger partial charge in [-0.05, 0) is 47.2 Å². The predicted molar refractivity (Wildman–Crippen MR) is 104 cm³/mol. The molecule has 0 aromatic heterocycles. The fourth-order valence-corrected chi connectivity index (χ4v) is 3.16. The van der Waals surface area contributed by atoms with Crippen LogP contribution in [-0.2, 0) is 16.8 Å². The van der Waals surface area contributed by atoms with Gasteiger partial charge in [-0.3, -0.25) is 9.59 Å². The second kappa shape index (κ2) is 7.32. The van der Waals surface area contributed by atoms with Crippen LogP contribution in [-0.4, -0.2) is 23.3 Å². The molecule has 4 nitrogen and oxygen atoms in total. The van der Waals surface area contributed by atoms with Crippen molar-refractivity contribution in [3.05, 3.63) is 65.2 Å². The Morgan fingerprint density at radius 2 is 1.85 bits per heavy atom. The molecule has 0 spiro atoms. The highest BCUT2D eigenvalue weighted by molar-refractivity contribution is 6.04. The van der Waals surface area contributed by atoms with E-state index in [4.69, 9.17) is 0 Å². The molecule has 2 aromatic rings. The minimum atomic E-state index is -0.125. The first-order valence-electron chi connectivity index (χ1n) is 9.11. The Morgan fingerprint density at radius 1 is 1.12 bits per heavy atom. The monoisotopic (exact) mass is 350 g/mol. The molecule has 1 aliphatic heterocycles. The molecule has 0 saturated carbocycles. The highest BCUT2D eigenvalue weighted by atomic mass is 16.2. The number of nitrogens with zero attached hydrogens (tertiary/aromatic N) is 1. The zero-order chi connectivity index (χ0) is 18.7. The number of hydrogen-bond donors (Lipinski definition) is 1. The summed E-state index contributed by atoms with van der Waals surface area (Å²) in [5.41, 5.74) is 3.68. The van der Waals surface area contributed by atoms with E-state index in [1.54, 1.807) is 0 Å². The third kappa shape index (κ3) is 4.31. The molecule has 2 amide bonds. The number of amides is 2. The van der Waals surface area contributed by atoms with E-state index in [1.807, 2.05) is 53.4 Å². The summed E-state index contributed by atoms with van der Waals surface area (Å²) >= 11 is 0. The van der Waals surface area contributed by atoms with E-state index in [0.717, 1.165) is 24.2 Å². The number of rotatable bonds is 4. The van der Waals surface area contributed by atoms with Crippen molar-refractivity contribution in [2.75, 3.05) is 11.9 Å². The molecule has 1 aliphatic rings. The summed E-state index contributed by atoms with van der Waals surface area (Å²) in [5.74, 6) is 0.0817. The molecule has 136 valence electrons. The molecule has 0 unspecified atom stereocenters. The minimum Gasteiger partial charge on any atom is -0.338 e. The van der Waals surface area contributed by atoms with Crippen LogP contribution in [0.4, 0.5) is 5.69 Å². The van der Waals surface area contributed by atoms with Gasteiger partial charge >= 0.3 is 0 Å². The van der Waals surface area contributed by atoms with Crippen molar-refractivity contribution >= 4 is 17.5 Å². The Labute approximate surface area is 155 Å². The maximum absolute atomic E-state index is 12.5. The highest BCUT2D eigenvalue weighted by Gasteiger charge is 2.20. The van der Waals surface area contributed by atoms with Gasteiger partial charge in [0.25, 0.3) is 5.91 Å². The van der Waals surface area contributed by atoms with Gasteiger partial charge in [0.2, 0.25) is 5.91 Å². The average Bonchev–Trinajstić information content (AvgIpc) is 2.99. The van der Waals surface area contributed by atoms with E-state index in [2.05, 4.69) is 26.1 Å². The topological polar surface area (TPSA) is 49.4 Å². The van der Waals surface area contributed by atoms with Gasteiger partial charge in [0.15, 0.2) is 0 Å². The lowest BCUT2D eigenvalue weighted by atomic mass is 9.87. The molecular formula is C22H26N2O2. The van der Waals surface area contributed by atoms with Gasteiger partial charge in [-0.15, -0.1) is 0 Å². The maximum atomic E-state index is 12.5. The lowest BCUT2D eigenvalue weighted by molar-refractivity contribution is -0.128. The molecule has 1 fully saturated rings. The first-order valence-corrected chi connectivity index (χ1v) is 9.11. The fourth-order valence-electron chi connectivity index (χ4n) is 3.16. The molecule has 0 radical (unpaired) electrons. The number of carbonyl (C=O) groups is 2. The summed E-state index contributed by atoms with van der Waals surface area (Å²) in [6.45, 7) is 7.87. The maximum Gasteiger partial charge on any atom is 0.255 e. The van der Waals surface area contributed by atoms with Crippen LogP contribution in [0.5, 0.6) is 0 Å². The van der Waals surface area contributed by atoms with Crippen molar-refractivity contribution in [2.24, 2.45) is 0 Å². The van der Waals surface area contributed by atoms with Crippen molar-refractivity contribution in [3.63, 3.8) is 0 Å². The first kappa shape index (κ1) is 18.2. The summed E-state index contributed by atoms with van der Waals surface area (Å²) in [7, 11) is 0. The van der Waals surface area contributed by atoms with Crippen LogP contribution in [0, 0.1) is 0 Å². The number of benzene rings is 2. The van der Waals surface area contributed by atoms with Crippen molar-refractivity contribution in [3.8, 4) is 0 Å². The molecule has 0 atom stereocenters. The molecule has 1 heterocycles. The molecule has 0 bridgehead atoms. The van der Waals surface area contributed by atoms with Crippen LogP contribution in [0.1, 0.15) is 55.1 Å². The molecule has 1 saturated heterocycles. The molecule has 2 aromatic carbocycles. The SMILES string of the molecule is CC(C)(C)c1ccc(C(=O)Nc2cccc(CN3CCCC3=O)c2)cc1. The van der Waals surface area contributed by atoms with Gasteiger partial charge < -0.3 is 10.2 Å². The van der Waals surface area contributed by atoms with E-state index >= 15 is 0 Å². The van der Waals surface area contributed by atoms with Crippen LogP contribution < -0.4 is 5.32 Å². The van der Waals surface area contributed by atoms with E-state index in [1.165, 1.54) is 5.56 Å². The molecule has 1 N–H and O–H groups in total. The highest BCUT2D eigenvalue weighted by Crippen LogP contribution is 2.23. The summed E-state index contributed by atoms with van der Waals surface area (Å²) in [6.07, 6.45) is 1.57. The van der Waals surface area contributed by atoms with E-state index in [0.29, 0.717) is 18.5 Å². The van der Waals surface area contributed by atoms with E-state index in [9.17, 15) is 9.59 Å². The zero-order valence-electron chi connectivity index (χ0n) is 15.7. The molecule has 0 aliphatic carbocycles. The average molecular weight is 350 g/mol. The first-order chi connectivity index (χ1) is 12.3. The molecular weight excluding hydrogens is 324 g/mol. The number of likely N-dealkylation sites (tertiary alicyclic amines) is 1. The zero-order valence-corrected chi connectivity index (χ0v) is 15.7. The van der Waals surface area contributed by atoms with Crippen molar-refractivity contribution < 1.29 is 9.59 Å². The number of carbonyl (C=O) groups excluding carboxylic acids is 2. The number of hydrogen-bond acceptors (Lipinski definition) is 2. The number of nitrogens with one attached hydrogen (secondary N) is 1. The third-order valence-electron chi connectivity index (χ3n) is 4.74. The van der Waals surface area contributed by atoms with Crippen LogP contribution in [0.15, 0.2) is 48.5 Å². The van der Waals surface area contributed by atoms with Crippen molar-refractivity contribution in [1.29, 1.82) is 0 Å². The van der Waals surface area contributed by atoms with Crippen molar-refractivity contribution in [1.82, 2.24) is 4.90 Å². The predicted octanol–water partition coefficient (Wildman–Crippen LogP) is 4.36. The van der Waals surface area contributed by atoms with Crippen LogP contribution in [0.2, 0.25) is 0 Å². The van der Waals surface area contributed by atoms with Gasteiger partial charge in [0.05, 0.1) is 0 Å². The van der Waals surface area contributed by atoms with Crippen LogP contribution in [0.3, 0.4) is 0 Å². The van der Waals surface area contributed by atoms with Gasteiger partial charge in [0, 0.05) is 30.8 Å². The van der Waals surface area contributed by atoms with Crippen LogP contribution in [0.25, 0.3) is 0 Å². The largest absolute Gasteiger partial charge is 0.338 e. The smallest absolute Gasteiger partial charge is 0.255 e. The minimum absolute atomic E-state index is 0.0658. The fraction of sp³-hybridized carbons (Fsp3) is 0.364. The Bertz CT molecular complexity index is 804. The second-order valence-corrected chi connectivity index (χ2v) is 7.90. The molecule has 4 heteroatoms. The van der Waals surface area contributed by atoms with Crippen LogP contribution >= 0.6 is 0 Å². The quantitative estimate of drug-likeness (QED) is 0.891. The number of anilines is 1. The van der Waals surface area contributed by atoms with Crippen molar-refractivity contribution in [2.45, 2.75) is 45.6 Å². The summed E-state index contributed by atoms with van der Waals surface area (Å²) < 4.78 is 0. The Morgan fingerprint density at radius 3 is 2.46 bits per heavy atom. The Hall–Kier alpha value is -2.62. The second-order valence-electron chi connectivity index (χ2n) is 7.90. The summed E-state index contributed by atoms with van der Waals surface area (Å²) in [6, 6.07) is 15.4. The summed E-state index contributed by atoms with van der Waals surface area (Å²) in [4.78, 5) is 26.2. The van der Waals surface area contributed by atoms with Gasteiger partial charge in [0.1, 0.15) is 0 Å². The third-order valence-corrected chi connectivity index (χ3v) is 4.74. The lowest BCUT2D eigenvalue weighted by Gasteiger charge is -2.19. The Kier molecular flexibility index (Phi) is 5.12. The standard InChI is InChI=1S/C22H26N2O2/c1-22(2,3)18-11-9-17(10-12-18)21(26)23-19-7-4-6-16(14-19)15-24-13-5-8-20(24)25/h4,6-7,9-12,14H,5,8,13,15H2,1-3H3,(H,23,26). The van der Waals surface area contributed by atoms with Gasteiger partial charge in [-0.1, -0.05) is 45.0 Å². The summed E-state index contributed by atoms with van der Waals surface area (Å²) in [5, 5.41) is 2.95. The molecule has 26 heavy (non-hydrogen) atoms.